The van der Waals surface area contributed by atoms with Crippen molar-refractivity contribution in [1.82, 2.24) is 0 Å². The van der Waals surface area contributed by atoms with Crippen molar-refractivity contribution in [2.45, 2.75) is 20.8 Å². The highest BCUT2D eigenvalue weighted by Crippen LogP contribution is 2.18. The summed E-state index contributed by atoms with van der Waals surface area (Å²) < 4.78 is 10.7. The van der Waals surface area contributed by atoms with Crippen LogP contribution in [0.4, 0.5) is 0 Å². The third-order valence-corrected chi connectivity index (χ3v) is 1.86. The van der Waals surface area contributed by atoms with Crippen molar-refractivity contribution >= 4 is 0 Å². The average molecular weight is 246 g/mol. The van der Waals surface area contributed by atoms with Crippen LogP contribution in [0.25, 0.3) is 0 Å². The van der Waals surface area contributed by atoms with Crippen molar-refractivity contribution in [1.29, 1.82) is 0 Å². The number of para-hydroxylation sites is 1. The fraction of sp³-hybridized carbons (Fsp3) is 0.250. The number of rotatable bonds is 5. The minimum Gasteiger partial charge on any atom is -0.493 e. The Bertz CT molecular complexity index is 402. The highest BCUT2D eigenvalue weighted by molar-refractivity contribution is 5.30. The molecule has 0 N–H and O–H groups in total. The Balaban J connectivity index is 0.00000137. The van der Waals surface area contributed by atoms with Crippen LogP contribution in [0, 0.1) is 0 Å². The summed E-state index contributed by atoms with van der Waals surface area (Å²) in [6.45, 7) is 13.5. The second-order valence-corrected chi connectivity index (χ2v) is 3.40. The molecule has 98 valence electrons. The molecule has 0 atom stereocenters. The number of allylic oxidation sites excluding steroid dienone is 2. The Morgan fingerprint density at radius 1 is 1.11 bits per heavy atom. The number of benzene rings is 1. The minimum atomic E-state index is 0.469. The van der Waals surface area contributed by atoms with E-state index in [0.717, 1.165) is 11.3 Å². The van der Waals surface area contributed by atoms with Gasteiger partial charge in [-0.1, -0.05) is 50.8 Å². The van der Waals surface area contributed by atoms with Gasteiger partial charge in [-0.15, -0.1) is 0 Å². The van der Waals surface area contributed by atoms with Crippen molar-refractivity contribution in [2.75, 3.05) is 7.11 Å². The first-order valence-electron chi connectivity index (χ1n) is 5.97. The van der Waals surface area contributed by atoms with Crippen LogP contribution in [-0.4, -0.2) is 7.11 Å². The fourth-order valence-electron chi connectivity index (χ4n) is 1.16. The first-order chi connectivity index (χ1) is 8.63. The van der Waals surface area contributed by atoms with E-state index in [0.29, 0.717) is 11.5 Å². The molecule has 0 aliphatic carbocycles. The van der Waals surface area contributed by atoms with E-state index in [9.17, 15) is 0 Å². The summed E-state index contributed by atoms with van der Waals surface area (Å²) in [5.41, 5.74) is 0.884. The van der Waals surface area contributed by atoms with Crippen LogP contribution in [0.2, 0.25) is 0 Å². The molecule has 2 nitrogen and oxygen atoms in total. The molecular formula is C16H22O2. The molecule has 0 saturated carbocycles. The van der Waals surface area contributed by atoms with Gasteiger partial charge in [-0.3, -0.25) is 0 Å². The van der Waals surface area contributed by atoms with Gasteiger partial charge in [-0.25, -0.2) is 0 Å². The van der Waals surface area contributed by atoms with E-state index in [1.165, 1.54) is 0 Å². The molecule has 0 unspecified atom stereocenters. The van der Waals surface area contributed by atoms with Crippen LogP contribution in [-0.2, 0) is 4.74 Å². The molecule has 1 aromatic rings. The van der Waals surface area contributed by atoms with Gasteiger partial charge in [0.15, 0.2) is 11.5 Å². The molecule has 1 aromatic carbocycles. The number of ether oxygens (including phenoxy) is 2. The zero-order chi connectivity index (χ0) is 14.0. The lowest BCUT2D eigenvalue weighted by atomic mass is 10.2. The Kier molecular flexibility index (Phi) is 8.12. The molecule has 0 amide bonds. The largest absolute Gasteiger partial charge is 0.493 e. The highest BCUT2D eigenvalue weighted by atomic mass is 16.5. The maximum absolute atomic E-state index is 5.54. The summed E-state index contributed by atoms with van der Waals surface area (Å²) >= 11 is 0. The predicted octanol–water partition coefficient (Wildman–Crippen LogP) is 4.71. The first kappa shape index (κ1) is 16.0. The highest BCUT2D eigenvalue weighted by Gasteiger charge is 2.05. The maximum Gasteiger partial charge on any atom is 0.162 e. The SMILES string of the molecule is C=C(C)/C=C(/OC)C(=C)Oc1ccccc1.CC. The molecule has 0 spiro atoms. The van der Waals surface area contributed by atoms with Crippen LogP contribution in [0.15, 0.2) is 66.7 Å². The van der Waals surface area contributed by atoms with E-state index >= 15 is 0 Å². The second kappa shape index (κ2) is 9.11. The lowest BCUT2D eigenvalue weighted by molar-refractivity contribution is 0.263. The molecule has 0 bridgehead atoms. The Morgan fingerprint density at radius 3 is 2.11 bits per heavy atom. The summed E-state index contributed by atoms with van der Waals surface area (Å²) in [6, 6.07) is 9.45. The molecule has 1 rings (SSSR count). The number of methoxy groups -OCH3 is 1. The van der Waals surface area contributed by atoms with Gasteiger partial charge >= 0.3 is 0 Å². The molecule has 0 fully saturated rings. The number of hydrogen-bond donors (Lipinski definition) is 0. The minimum absolute atomic E-state index is 0.469. The van der Waals surface area contributed by atoms with Crippen molar-refractivity contribution < 1.29 is 9.47 Å². The molecule has 0 aliphatic rings. The van der Waals surface area contributed by atoms with Crippen LogP contribution >= 0.6 is 0 Å². The zero-order valence-corrected chi connectivity index (χ0v) is 11.7. The van der Waals surface area contributed by atoms with E-state index < -0.39 is 0 Å². The van der Waals surface area contributed by atoms with Crippen LogP contribution in [0.5, 0.6) is 5.75 Å². The summed E-state index contributed by atoms with van der Waals surface area (Å²) in [5, 5.41) is 0. The van der Waals surface area contributed by atoms with Gasteiger partial charge in [0.05, 0.1) is 7.11 Å². The van der Waals surface area contributed by atoms with Crippen LogP contribution < -0.4 is 4.74 Å². The van der Waals surface area contributed by atoms with E-state index in [4.69, 9.17) is 9.47 Å². The summed E-state index contributed by atoms with van der Waals surface area (Å²) in [5.74, 6) is 1.78. The third kappa shape index (κ3) is 5.94. The predicted molar refractivity (Wildman–Crippen MR) is 77.5 cm³/mol. The lowest BCUT2D eigenvalue weighted by Gasteiger charge is -2.11. The Morgan fingerprint density at radius 2 is 1.67 bits per heavy atom. The molecule has 0 aromatic heterocycles. The Labute approximate surface area is 110 Å². The molecular weight excluding hydrogens is 224 g/mol. The van der Waals surface area contributed by atoms with Crippen LogP contribution in [0.1, 0.15) is 20.8 Å². The van der Waals surface area contributed by atoms with Crippen molar-refractivity contribution in [3.05, 3.63) is 66.7 Å². The second-order valence-electron chi connectivity index (χ2n) is 3.40. The third-order valence-electron chi connectivity index (χ3n) is 1.86. The number of hydrogen-bond acceptors (Lipinski definition) is 2. The van der Waals surface area contributed by atoms with Gasteiger partial charge in [0.25, 0.3) is 0 Å². The van der Waals surface area contributed by atoms with Gasteiger partial charge < -0.3 is 9.47 Å². The summed E-state index contributed by atoms with van der Waals surface area (Å²) in [7, 11) is 1.58. The monoisotopic (exact) mass is 246 g/mol. The van der Waals surface area contributed by atoms with E-state index in [1.807, 2.05) is 51.1 Å². The first-order valence-corrected chi connectivity index (χ1v) is 5.97. The lowest BCUT2D eigenvalue weighted by Crippen LogP contribution is -1.99. The summed E-state index contributed by atoms with van der Waals surface area (Å²) in [4.78, 5) is 0. The van der Waals surface area contributed by atoms with Crippen molar-refractivity contribution in [3.8, 4) is 5.75 Å². The van der Waals surface area contributed by atoms with E-state index in [-0.39, 0.29) is 0 Å². The van der Waals surface area contributed by atoms with Gasteiger partial charge in [0.2, 0.25) is 0 Å². The molecule has 0 aliphatic heterocycles. The van der Waals surface area contributed by atoms with Gasteiger partial charge in [-0.05, 0) is 25.1 Å². The quantitative estimate of drug-likeness (QED) is 0.553. The zero-order valence-electron chi connectivity index (χ0n) is 11.7. The normalized spacial score (nSPS) is 9.89. The van der Waals surface area contributed by atoms with Gasteiger partial charge in [0.1, 0.15) is 5.75 Å². The molecule has 0 heterocycles. The van der Waals surface area contributed by atoms with Gasteiger partial charge in [0, 0.05) is 0 Å². The smallest absolute Gasteiger partial charge is 0.162 e. The van der Waals surface area contributed by atoms with E-state index in [1.54, 1.807) is 13.2 Å². The summed E-state index contributed by atoms with van der Waals surface area (Å²) in [6.07, 6.45) is 1.78. The Hall–Kier alpha value is -1.96. The molecule has 0 saturated heterocycles. The van der Waals surface area contributed by atoms with Crippen molar-refractivity contribution in [2.24, 2.45) is 0 Å². The standard InChI is InChI=1S/C14H16O2.C2H6/c1-11(2)10-14(15-4)12(3)16-13-8-6-5-7-9-13;1-2/h5-10H,1,3H2,2,4H3;1-2H3/b14-10+;. The molecule has 18 heavy (non-hydrogen) atoms. The van der Waals surface area contributed by atoms with Crippen molar-refractivity contribution in [3.63, 3.8) is 0 Å². The topological polar surface area (TPSA) is 18.5 Å². The fourth-order valence-corrected chi connectivity index (χ4v) is 1.16. The average Bonchev–Trinajstić information content (AvgIpc) is 2.39. The van der Waals surface area contributed by atoms with Gasteiger partial charge in [-0.2, -0.15) is 0 Å². The van der Waals surface area contributed by atoms with Crippen LogP contribution in [0.3, 0.4) is 0 Å². The van der Waals surface area contributed by atoms with E-state index in [2.05, 4.69) is 13.2 Å². The molecule has 0 radical (unpaired) electrons. The maximum atomic E-state index is 5.54. The molecule has 2 heteroatoms.